The van der Waals surface area contributed by atoms with Gasteiger partial charge in [-0.15, -0.1) is 0 Å². The number of nitrogens with two attached hydrogens (primary N) is 1. The Morgan fingerprint density at radius 1 is 1.47 bits per heavy atom. The van der Waals surface area contributed by atoms with Crippen LogP contribution in [0.5, 0.6) is 5.75 Å². The van der Waals surface area contributed by atoms with E-state index in [0.29, 0.717) is 6.61 Å². The second-order valence-electron chi connectivity index (χ2n) is 4.10. The van der Waals surface area contributed by atoms with E-state index < -0.39 is 5.54 Å². The number of hydrogen-bond acceptors (Lipinski definition) is 3. The summed E-state index contributed by atoms with van der Waals surface area (Å²) in [6, 6.07) is 7.90. The zero-order chi connectivity index (χ0) is 11.3. The van der Waals surface area contributed by atoms with Crippen molar-refractivity contribution in [2.45, 2.75) is 25.8 Å². The van der Waals surface area contributed by atoms with E-state index in [4.69, 9.17) is 15.6 Å². The largest absolute Gasteiger partial charge is 0.492 e. The molecule has 0 aliphatic carbocycles. The van der Waals surface area contributed by atoms with E-state index in [2.05, 4.69) is 13.0 Å². The van der Waals surface area contributed by atoms with Gasteiger partial charge in [0.15, 0.2) is 0 Å². The fourth-order valence-corrected chi connectivity index (χ4v) is 1.15. The Morgan fingerprint density at radius 2 is 2.20 bits per heavy atom. The third kappa shape index (κ3) is 3.90. The minimum atomic E-state index is -0.678. The molecular weight excluding hydrogens is 190 g/mol. The molecule has 1 unspecified atom stereocenters. The van der Waals surface area contributed by atoms with Gasteiger partial charge in [0.05, 0.1) is 12.1 Å². The first-order valence-corrected chi connectivity index (χ1v) is 5.19. The number of aryl methyl sites for hydroxylation is 1. The second kappa shape index (κ2) is 5.14. The monoisotopic (exact) mass is 209 g/mol. The van der Waals surface area contributed by atoms with Gasteiger partial charge in [0.1, 0.15) is 12.4 Å². The van der Waals surface area contributed by atoms with Crippen molar-refractivity contribution in [1.29, 1.82) is 0 Å². The third-order valence-electron chi connectivity index (χ3n) is 2.24. The van der Waals surface area contributed by atoms with E-state index in [1.807, 2.05) is 18.2 Å². The summed E-state index contributed by atoms with van der Waals surface area (Å²) in [6.45, 7) is 4.09. The lowest BCUT2D eigenvalue weighted by molar-refractivity contribution is 0.146. The predicted octanol–water partition coefficient (Wildman–Crippen LogP) is 1.34. The van der Waals surface area contributed by atoms with Crippen molar-refractivity contribution in [2.75, 3.05) is 13.2 Å². The minimum Gasteiger partial charge on any atom is -0.492 e. The van der Waals surface area contributed by atoms with Crippen LogP contribution in [0.3, 0.4) is 0 Å². The molecule has 1 rings (SSSR count). The predicted molar refractivity (Wildman–Crippen MR) is 61.0 cm³/mol. The van der Waals surface area contributed by atoms with E-state index in [-0.39, 0.29) is 6.61 Å². The third-order valence-corrected chi connectivity index (χ3v) is 2.24. The maximum absolute atomic E-state index is 8.97. The molecule has 0 saturated carbocycles. The molecular formula is C12H19NO2. The van der Waals surface area contributed by atoms with Crippen molar-refractivity contribution in [3.05, 3.63) is 29.8 Å². The number of benzene rings is 1. The molecule has 0 aliphatic rings. The summed E-state index contributed by atoms with van der Waals surface area (Å²) in [4.78, 5) is 0. The molecule has 0 spiro atoms. The summed E-state index contributed by atoms with van der Waals surface area (Å²) in [5.74, 6) is 0.805. The molecule has 0 radical (unpaired) electrons. The molecule has 3 heteroatoms. The van der Waals surface area contributed by atoms with Crippen molar-refractivity contribution in [3.63, 3.8) is 0 Å². The molecule has 0 aromatic heterocycles. The standard InChI is InChI=1S/C12H19NO2/c1-3-10-5-4-6-11(7-10)15-9-12(2,13)8-14/h4-7,14H,3,8-9,13H2,1-2H3. The van der Waals surface area contributed by atoms with Gasteiger partial charge in [-0.3, -0.25) is 0 Å². The number of aliphatic hydroxyl groups is 1. The molecule has 1 aromatic rings. The van der Waals surface area contributed by atoms with Crippen LogP contribution in [-0.2, 0) is 6.42 Å². The molecule has 1 atom stereocenters. The topological polar surface area (TPSA) is 55.5 Å². The van der Waals surface area contributed by atoms with Crippen LogP contribution in [0.2, 0.25) is 0 Å². The maximum Gasteiger partial charge on any atom is 0.119 e. The van der Waals surface area contributed by atoms with Gasteiger partial charge >= 0.3 is 0 Å². The molecule has 3 nitrogen and oxygen atoms in total. The fraction of sp³-hybridized carbons (Fsp3) is 0.500. The van der Waals surface area contributed by atoms with Crippen LogP contribution >= 0.6 is 0 Å². The lowest BCUT2D eigenvalue weighted by Crippen LogP contribution is -2.45. The minimum absolute atomic E-state index is 0.0829. The summed E-state index contributed by atoms with van der Waals surface area (Å²) in [5, 5.41) is 8.97. The summed E-state index contributed by atoms with van der Waals surface area (Å²) in [6.07, 6.45) is 0.983. The second-order valence-corrected chi connectivity index (χ2v) is 4.10. The van der Waals surface area contributed by atoms with Gasteiger partial charge in [-0.25, -0.2) is 0 Å². The van der Waals surface area contributed by atoms with Crippen molar-refractivity contribution in [2.24, 2.45) is 5.73 Å². The Balaban J connectivity index is 2.57. The van der Waals surface area contributed by atoms with Crippen LogP contribution in [-0.4, -0.2) is 23.9 Å². The van der Waals surface area contributed by atoms with Crippen LogP contribution in [0.15, 0.2) is 24.3 Å². The van der Waals surface area contributed by atoms with E-state index in [0.717, 1.165) is 12.2 Å². The molecule has 0 bridgehead atoms. The average Bonchev–Trinajstić information content (AvgIpc) is 2.27. The van der Waals surface area contributed by atoms with Gasteiger partial charge in [-0.1, -0.05) is 19.1 Å². The highest BCUT2D eigenvalue weighted by Gasteiger charge is 2.17. The van der Waals surface area contributed by atoms with Crippen LogP contribution in [0, 0.1) is 0 Å². The first kappa shape index (κ1) is 12.0. The summed E-state index contributed by atoms with van der Waals surface area (Å²) in [5.41, 5.74) is 6.31. The quantitative estimate of drug-likeness (QED) is 0.769. The number of hydrogen-bond donors (Lipinski definition) is 2. The van der Waals surface area contributed by atoms with Gasteiger partial charge < -0.3 is 15.6 Å². The van der Waals surface area contributed by atoms with Gasteiger partial charge in [0.2, 0.25) is 0 Å². The number of rotatable bonds is 5. The van der Waals surface area contributed by atoms with Gasteiger partial charge in [0.25, 0.3) is 0 Å². The molecule has 15 heavy (non-hydrogen) atoms. The Bertz CT molecular complexity index is 310. The Morgan fingerprint density at radius 3 is 2.80 bits per heavy atom. The zero-order valence-electron chi connectivity index (χ0n) is 9.36. The normalized spacial score (nSPS) is 14.7. The van der Waals surface area contributed by atoms with Crippen molar-refractivity contribution < 1.29 is 9.84 Å². The smallest absolute Gasteiger partial charge is 0.119 e. The summed E-state index contributed by atoms with van der Waals surface area (Å²) in [7, 11) is 0. The van der Waals surface area contributed by atoms with E-state index in [9.17, 15) is 0 Å². The van der Waals surface area contributed by atoms with Gasteiger partial charge in [0, 0.05) is 0 Å². The van der Waals surface area contributed by atoms with Crippen LogP contribution in [0.1, 0.15) is 19.4 Å². The summed E-state index contributed by atoms with van der Waals surface area (Å²) >= 11 is 0. The molecule has 3 N–H and O–H groups in total. The first-order chi connectivity index (χ1) is 7.07. The highest BCUT2D eigenvalue weighted by Crippen LogP contribution is 2.14. The number of ether oxygens (including phenoxy) is 1. The van der Waals surface area contributed by atoms with Crippen molar-refractivity contribution in [3.8, 4) is 5.75 Å². The fourth-order valence-electron chi connectivity index (χ4n) is 1.15. The van der Waals surface area contributed by atoms with Gasteiger partial charge in [-0.2, -0.15) is 0 Å². The van der Waals surface area contributed by atoms with E-state index in [1.165, 1.54) is 5.56 Å². The van der Waals surface area contributed by atoms with Crippen molar-refractivity contribution in [1.82, 2.24) is 0 Å². The summed E-state index contributed by atoms with van der Waals surface area (Å²) < 4.78 is 5.52. The lowest BCUT2D eigenvalue weighted by atomic mass is 10.1. The SMILES string of the molecule is CCc1cccc(OCC(C)(N)CO)c1. The molecule has 0 heterocycles. The molecule has 0 saturated heterocycles. The Kier molecular flexibility index (Phi) is 4.12. The molecule has 0 amide bonds. The number of aliphatic hydroxyl groups excluding tert-OH is 1. The maximum atomic E-state index is 8.97. The van der Waals surface area contributed by atoms with Crippen LogP contribution in [0.25, 0.3) is 0 Å². The zero-order valence-corrected chi connectivity index (χ0v) is 9.36. The average molecular weight is 209 g/mol. The molecule has 0 fully saturated rings. The first-order valence-electron chi connectivity index (χ1n) is 5.19. The van der Waals surface area contributed by atoms with E-state index in [1.54, 1.807) is 6.92 Å². The van der Waals surface area contributed by atoms with Gasteiger partial charge in [-0.05, 0) is 31.0 Å². The van der Waals surface area contributed by atoms with Crippen LogP contribution in [0.4, 0.5) is 0 Å². The lowest BCUT2D eigenvalue weighted by Gasteiger charge is -2.21. The van der Waals surface area contributed by atoms with Crippen LogP contribution < -0.4 is 10.5 Å². The molecule has 0 aliphatic heterocycles. The van der Waals surface area contributed by atoms with Crippen molar-refractivity contribution >= 4 is 0 Å². The molecule has 84 valence electrons. The van der Waals surface area contributed by atoms with E-state index >= 15 is 0 Å². The Hall–Kier alpha value is -1.06. The Labute approximate surface area is 90.9 Å². The highest BCUT2D eigenvalue weighted by molar-refractivity contribution is 5.28. The molecule has 1 aromatic carbocycles. The highest BCUT2D eigenvalue weighted by atomic mass is 16.5.